The molecule has 0 saturated carbocycles. The van der Waals surface area contributed by atoms with Crippen LogP contribution in [0.3, 0.4) is 0 Å². The number of benzene rings is 1. The normalized spacial score (nSPS) is 10.1. The molecule has 0 spiro atoms. The first-order valence-electron chi connectivity index (χ1n) is 5.47. The zero-order valence-corrected chi connectivity index (χ0v) is 10.4. The topological polar surface area (TPSA) is 41.6 Å². The molecule has 0 amide bonds. The van der Waals surface area contributed by atoms with E-state index in [-0.39, 0.29) is 0 Å². The fourth-order valence-corrected chi connectivity index (χ4v) is 2.60. The van der Waals surface area contributed by atoms with E-state index in [9.17, 15) is 0 Å². The van der Waals surface area contributed by atoms with Crippen molar-refractivity contribution < 1.29 is 0 Å². The Hall–Kier alpha value is -1.73. The Kier molecular flexibility index (Phi) is 3.84. The van der Waals surface area contributed by atoms with Gasteiger partial charge in [0.15, 0.2) is 5.16 Å². The Labute approximate surface area is 105 Å². The lowest BCUT2D eigenvalue weighted by Crippen LogP contribution is -1.95. The minimum atomic E-state index is 0.745. The van der Waals surface area contributed by atoms with Gasteiger partial charge in [-0.15, -0.1) is 0 Å². The van der Waals surface area contributed by atoms with Crippen LogP contribution >= 0.6 is 11.8 Å². The molecule has 3 nitrogen and oxygen atoms in total. The van der Waals surface area contributed by atoms with Gasteiger partial charge in [0.1, 0.15) is 0 Å². The molecule has 2 aromatic rings. The first kappa shape index (κ1) is 11.7. The smallest absolute Gasteiger partial charge is 0.168 e. The molecule has 0 atom stereocenters. The molecule has 1 heterocycles. The Balaban J connectivity index is 2.10. The van der Waals surface area contributed by atoms with Crippen molar-refractivity contribution in [3.63, 3.8) is 0 Å². The molecule has 17 heavy (non-hydrogen) atoms. The van der Waals surface area contributed by atoms with E-state index < -0.39 is 0 Å². The van der Waals surface area contributed by atoms with E-state index in [2.05, 4.69) is 22.5 Å². The number of hydrogen-bond acceptors (Lipinski definition) is 3. The standard InChI is InChI=1S/C13H13N3S/c1-2-16-8-7-15-13(16)17-10-12-6-4-3-5-11(12)9-14/h3-8H,2,10H2,1H3. The maximum Gasteiger partial charge on any atom is 0.168 e. The van der Waals surface area contributed by atoms with Crippen molar-refractivity contribution in [3.8, 4) is 6.07 Å². The minimum absolute atomic E-state index is 0.745. The zero-order valence-electron chi connectivity index (χ0n) is 9.63. The van der Waals surface area contributed by atoms with E-state index in [0.717, 1.165) is 28.6 Å². The lowest BCUT2D eigenvalue weighted by atomic mass is 10.1. The average molecular weight is 243 g/mol. The molecule has 0 N–H and O–H groups in total. The summed E-state index contributed by atoms with van der Waals surface area (Å²) in [4.78, 5) is 4.30. The van der Waals surface area contributed by atoms with E-state index in [1.807, 2.05) is 36.7 Å². The van der Waals surface area contributed by atoms with Crippen LogP contribution in [0.1, 0.15) is 18.1 Å². The predicted octanol–water partition coefficient (Wildman–Crippen LogP) is 3.07. The predicted molar refractivity (Wildman–Crippen MR) is 68.6 cm³/mol. The van der Waals surface area contributed by atoms with Gasteiger partial charge >= 0.3 is 0 Å². The molecule has 2 rings (SSSR count). The number of thioether (sulfide) groups is 1. The van der Waals surface area contributed by atoms with Crippen molar-refractivity contribution in [1.29, 1.82) is 5.26 Å². The number of hydrogen-bond donors (Lipinski definition) is 0. The SMILES string of the molecule is CCn1ccnc1SCc1ccccc1C#N. The zero-order chi connectivity index (χ0) is 12.1. The Bertz CT molecular complexity index is 540. The van der Waals surface area contributed by atoms with Crippen molar-refractivity contribution >= 4 is 11.8 Å². The second-order valence-electron chi connectivity index (χ2n) is 3.55. The van der Waals surface area contributed by atoms with Gasteiger partial charge in [-0.25, -0.2) is 4.98 Å². The average Bonchev–Trinajstić information content (AvgIpc) is 2.84. The minimum Gasteiger partial charge on any atom is -0.326 e. The van der Waals surface area contributed by atoms with E-state index in [1.54, 1.807) is 11.8 Å². The molecule has 1 aromatic heterocycles. The Morgan fingerprint density at radius 3 is 3.00 bits per heavy atom. The second-order valence-corrected chi connectivity index (χ2v) is 4.50. The number of nitriles is 1. The molecular weight excluding hydrogens is 230 g/mol. The third-order valence-electron chi connectivity index (χ3n) is 2.51. The molecule has 86 valence electrons. The first-order valence-corrected chi connectivity index (χ1v) is 6.45. The molecule has 1 aromatic carbocycles. The number of aromatic nitrogens is 2. The lowest BCUT2D eigenvalue weighted by molar-refractivity contribution is 0.681. The highest BCUT2D eigenvalue weighted by Gasteiger charge is 2.05. The summed E-state index contributed by atoms with van der Waals surface area (Å²) in [5.74, 6) is 0.779. The lowest BCUT2D eigenvalue weighted by Gasteiger charge is -2.05. The van der Waals surface area contributed by atoms with Gasteiger partial charge < -0.3 is 4.57 Å². The highest BCUT2D eigenvalue weighted by atomic mass is 32.2. The monoisotopic (exact) mass is 243 g/mol. The first-order chi connectivity index (χ1) is 8.35. The van der Waals surface area contributed by atoms with Gasteiger partial charge in [0.2, 0.25) is 0 Å². The Morgan fingerprint density at radius 2 is 2.24 bits per heavy atom. The van der Waals surface area contributed by atoms with Crippen LogP contribution in [0.2, 0.25) is 0 Å². The number of nitrogens with zero attached hydrogens (tertiary/aromatic N) is 3. The van der Waals surface area contributed by atoms with E-state index in [4.69, 9.17) is 5.26 Å². The van der Waals surface area contributed by atoms with Crippen LogP contribution in [0.15, 0.2) is 41.8 Å². The second kappa shape index (κ2) is 5.55. The summed E-state index contributed by atoms with van der Waals surface area (Å²) in [6.45, 7) is 3.01. The summed E-state index contributed by atoms with van der Waals surface area (Å²) in [6.07, 6.45) is 3.78. The highest BCUT2D eigenvalue weighted by Crippen LogP contribution is 2.22. The van der Waals surface area contributed by atoms with Gasteiger partial charge in [-0.2, -0.15) is 5.26 Å². The summed E-state index contributed by atoms with van der Waals surface area (Å²) >= 11 is 1.66. The fraction of sp³-hybridized carbons (Fsp3) is 0.231. The molecule has 4 heteroatoms. The van der Waals surface area contributed by atoms with Crippen LogP contribution in [-0.4, -0.2) is 9.55 Å². The molecule has 0 aliphatic heterocycles. The third kappa shape index (κ3) is 2.69. The van der Waals surface area contributed by atoms with Crippen LogP contribution in [0, 0.1) is 11.3 Å². The van der Waals surface area contributed by atoms with Crippen LogP contribution < -0.4 is 0 Å². The highest BCUT2D eigenvalue weighted by molar-refractivity contribution is 7.98. The van der Waals surface area contributed by atoms with Crippen LogP contribution in [0.5, 0.6) is 0 Å². The van der Waals surface area contributed by atoms with Crippen LogP contribution in [0.25, 0.3) is 0 Å². The van der Waals surface area contributed by atoms with Crippen molar-refractivity contribution in [3.05, 3.63) is 47.8 Å². The maximum atomic E-state index is 9.00. The maximum absolute atomic E-state index is 9.00. The van der Waals surface area contributed by atoms with Gasteiger partial charge in [0.05, 0.1) is 11.6 Å². The Morgan fingerprint density at radius 1 is 1.41 bits per heavy atom. The van der Waals surface area contributed by atoms with Crippen molar-refractivity contribution in [2.45, 2.75) is 24.4 Å². The molecule has 0 saturated heterocycles. The molecule has 0 bridgehead atoms. The van der Waals surface area contributed by atoms with Crippen LogP contribution in [0.4, 0.5) is 0 Å². The summed E-state index contributed by atoms with van der Waals surface area (Å²) in [5, 5.41) is 10.00. The summed E-state index contributed by atoms with van der Waals surface area (Å²) in [7, 11) is 0. The quantitative estimate of drug-likeness (QED) is 0.775. The van der Waals surface area contributed by atoms with E-state index in [0.29, 0.717) is 0 Å². The number of rotatable bonds is 4. The van der Waals surface area contributed by atoms with Gasteiger partial charge in [-0.05, 0) is 18.6 Å². The molecule has 0 fully saturated rings. The molecule has 0 aliphatic rings. The molecule has 0 radical (unpaired) electrons. The van der Waals surface area contributed by atoms with Gasteiger partial charge in [-0.1, -0.05) is 30.0 Å². The molecule has 0 unspecified atom stereocenters. The van der Waals surface area contributed by atoms with Gasteiger partial charge in [0, 0.05) is 24.7 Å². The number of aryl methyl sites for hydroxylation is 1. The van der Waals surface area contributed by atoms with Crippen molar-refractivity contribution in [2.24, 2.45) is 0 Å². The van der Waals surface area contributed by atoms with Gasteiger partial charge in [-0.3, -0.25) is 0 Å². The summed E-state index contributed by atoms with van der Waals surface area (Å²) in [6, 6.07) is 9.90. The van der Waals surface area contributed by atoms with Crippen molar-refractivity contribution in [2.75, 3.05) is 0 Å². The van der Waals surface area contributed by atoms with Gasteiger partial charge in [0.25, 0.3) is 0 Å². The molecule has 0 aliphatic carbocycles. The number of imidazole rings is 1. The summed E-state index contributed by atoms with van der Waals surface area (Å²) < 4.78 is 2.10. The van der Waals surface area contributed by atoms with Crippen molar-refractivity contribution in [1.82, 2.24) is 9.55 Å². The van der Waals surface area contributed by atoms with Crippen LogP contribution in [-0.2, 0) is 12.3 Å². The fourth-order valence-electron chi connectivity index (χ4n) is 1.57. The largest absolute Gasteiger partial charge is 0.326 e. The van der Waals surface area contributed by atoms with E-state index in [1.165, 1.54) is 0 Å². The molecular formula is C13H13N3S. The van der Waals surface area contributed by atoms with E-state index >= 15 is 0 Å². The third-order valence-corrected chi connectivity index (χ3v) is 3.57. The summed E-state index contributed by atoms with van der Waals surface area (Å²) in [5.41, 5.74) is 1.81.